The average Bonchev–Trinajstić information content (AvgIpc) is 2.80. The van der Waals surface area contributed by atoms with Gasteiger partial charge in [0, 0.05) is 21.9 Å². The molecule has 2 unspecified atom stereocenters. The molecular weight excluding hydrogens is 464 g/mol. The second-order valence-electron chi connectivity index (χ2n) is 9.81. The van der Waals surface area contributed by atoms with E-state index in [0.717, 1.165) is 0 Å². The van der Waals surface area contributed by atoms with Gasteiger partial charge < -0.3 is 25.8 Å². The maximum absolute atomic E-state index is 13.8. The van der Waals surface area contributed by atoms with Gasteiger partial charge in [-0.1, -0.05) is 24.3 Å². The lowest BCUT2D eigenvalue weighted by molar-refractivity contribution is -0.136. The highest BCUT2D eigenvalue weighted by Crippen LogP contribution is 2.53. The summed E-state index contributed by atoms with van der Waals surface area (Å²) in [7, 11) is 3.38. The van der Waals surface area contributed by atoms with E-state index in [1.54, 1.807) is 31.1 Å². The Morgan fingerprint density at radius 3 is 2.39 bits per heavy atom. The van der Waals surface area contributed by atoms with Crippen LogP contribution in [0.2, 0.25) is 0 Å². The summed E-state index contributed by atoms with van der Waals surface area (Å²) >= 11 is 0. The van der Waals surface area contributed by atoms with Gasteiger partial charge in [-0.2, -0.15) is 0 Å². The maximum atomic E-state index is 13.8. The molecule has 1 saturated carbocycles. The number of primary amides is 1. The monoisotopic (exact) mass is 492 g/mol. The van der Waals surface area contributed by atoms with Crippen molar-refractivity contribution >= 4 is 34.0 Å². The Balaban J connectivity index is 1.74. The largest absolute Gasteiger partial charge is 0.510 e. The Morgan fingerprint density at radius 1 is 1.11 bits per heavy atom. The molecule has 0 spiro atoms. The number of nitrogens with two attached hydrogens (primary N) is 1. The van der Waals surface area contributed by atoms with Crippen molar-refractivity contribution in [1.82, 2.24) is 4.90 Å². The van der Waals surface area contributed by atoms with E-state index in [-0.39, 0.29) is 22.6 Å². The van der Waals surface area contributed by atoms with Gasteiger partial charge in [0.15, 0.2) is 11.6 Å². The van der Waals surface area contributed by atoms with Crippen LogP contribution in [0.3, 0.4) is 0 Å². The van der Waals surface area contributed by atoms with Gasteiger partial charge in [0.05, 0.1) is 24.1 Å². The normalized spacial score (nSPS) is 25.7. The Bertz CT molecular complexity index is 1400. The van der Waals surface area contributed by atoms with E-state index < -0.39 is 52.6 Å². The van der Waals surface area contributed by atoms with Gasteiger partial charge in [0.1, 0.15) is 28.6 Å². The van der Waals surface area contributed by atoms with E-state index in [9.17, 15) is 29.7 Å². The van der Waals surface area contributed by atoms with Gasteiger partial charge in [-0.3, -0.25) is 19.3 Å². The van der Waals surface area contributed by atoms with Crippen molar-refractivity contribution < 1.29 is 34.4 Å². The molecule has 2 aromatic rings. The Labute approximate surface area is 207 Å². The molecule has 9 heteroatoms. The van der Waals surface area contributed by atoms with Crippen molar-refractivity contribution in [2.24, 2.45) is 23.5 Å². The first-order valence-corrected chi connectivity index (χ1v) is 11.9. The van der Waals surface area contributed by atoms with E-state index in [1.807, 2.05) is 19.1 Å². The lowest BCUT2D eigenvalue weighted by atomic mass is 9.59. The van der Waals surface area contributed by atoms with Crippen LogP contribution in [0.25, 0.3) is 16.5 Å². The number of likely N-dealkylation sites (N-methyl/N-ethyl adjacent to an activating group) is 1. The van der Waals surface area contributed by atoms with Gasteiger partial charge in [0.2, 0.25) is 0 Å². The van der Waals surface area contributed by atoms with Crippen molar-refractivity contribution in [1.29, 1.82) is 0 Å². The first kappa shape index (κ1) is 23.9. The van der Waals surface area contributed by atoms with Crippen LogP contribution in [0, 0.1) is 17.8 Å². The number of aliphatic hydroxyl groups is 2. The SMILES string of the molecule is CCOc1c2c(c(O)c3ccccc13)C(O)=C1C(=O)C3C(=O)C(C(N)=O)=C(O)[C@@H](N(C)C)C3C[C@@H]1C2. The third-order valence-corrected chi connectivity index (χ3v) is 7.69. The highest BCUT2D eigenvalue weighted by molar-refractivity contribution is 6.28. The third kappa shape index (κ3) is 3.15. The lowest BCUT2D eigenvalue weighted by Crippen LogP contribution is -2.55. The summed E-state index contributed by atoms with van der Waals surface area (Å²) in [4.78, 5) is 40.8. The number of aromatic hydroxyl groups is 1. The molecule has 3 aliphatic carbocycles. The van der Waals surface area contributed by atoms with Crippen LogP contribution in [0.1, 0.15) is 24.5 Å². The maximum Gasteiger partial charge on any atom is 0.255 e. The fourth-order valence-electron chi connectivity index (χ4n) is 6.35. The molecule has 0 heterocycles. The topological polar surface area (TPSA) is 150 Å². The molecule has 36 heavy (non-hydrogen) atoms. The minimum absolute atomic E-state index is 0.0489. The van der Waals surface area contributed by atoms with Gasteiger partial charge in [0.25, 0.3) is 5.91 Å². The van der Waals surface area contributed by atoms with E-state index in [4.69, 9.17) is 10.5 Å². The molecule has 5 rings (SSSR count). The number of rotatable bonds is 4. The molecule has 0 aliphatic heterocycles. The van der Waals surface area contributed by atoms with Crippen molar-refractivity contribution in [2.45, 2.75) is 25.8 Å². The highest BCUT2D eigenvalue weighted by Gasteiger charge is 2.56. The summed E-state index contributed by atoms with van der Waals surface area (Å²) in [6, 6.07) is 6.34. The number of aliphatic hydroxyl groups excluding tert-OH is 2. The Morgan fingerprint density at radius 2 is 1.78 bits per heavy atom. The van der Waals surface area contributed by atoms with Crippen molar-refractivity contribution in [2.75, 3.05) is 20.7 Å². The number of hydrogen-bond donors (Lipinski definition) is 4. The molecule has 3 aliphatic rings. The Hall–Kier alpha value is -3.85. The van der Waals surface area contributed by atoms with Gasteiger partial charge in [-0.05, 0) is 45.7 Å². The highest BCUT2D eigenvalue weighted by atomic mass is 16.5. The number of nitrogens with zero attached hydrogens (tertiary/aromatic N) is 1. The quantitative estimate of drug-likeness (QED) is 0.375. The fourth-order valence-corrected chi connectivity index (χ4v) is 6.35. The average molecular weight is 493 g/mol. The molecule has 5 N–H and O–H groups in total. The summed E-state index contributed by atoms with van der Waals surface area (Å²) in [6.07, 6.45) is 0.581. The zero-order chi connectivity index (χ0) is 26.0. The summed E-state index contributed by atoms with van der Waals surface area (Å²) in [5.41, 5.74) is 5.58. The van der Waals surface area contributed by atoms with Crippen molar-refractivity contribution in [3.63, 3.8) is 0 Å². The van der Waals surface area contributed by atoms with Crippen molar-refractivity contribution in [3.05, 3.63) is 52.3 Å². The van der Waals surface area contributed by atoms with Crippen LogP contribution in [0.15, 0.2) is 41.2 Å². The molecule has 0 saturated heterocycles. The van der Waals surface area contributed by atoms with Crippen LogP contribution in [0.4, 0.5) is 0 Å². The first-order chi connectivity index (χ1) is 17.1. The summed E-state index contributed by atoms with van der Waals surface area (Å²) in [5, 5.41) is 34.5. The number of benzene rings is 2. The number of carbonyl (C=O) groups is 3. The van der Waals surface area contributed by atoms with Crippen LogP contribution < -0.4 is 10.5 Å². The van der Waals surface area contributed by atoms with Gasteiger partial charge >= 0.3 is 0 Å². The smallest absolute Gasteiger partial charge is 0.255 e. The standard InChI is InChI=1S/C27H28N2O7/c1-4-36-26-13-8-6-5-7-12(13)21(30)18-15(26)10-11-9-14-17(22(31)16(11)23(18)32)24(33)19(27(28)35)25(34)20(14)29(2)3/h5-8,11,14,17,20,30,32,34H,4,9-10H2,1-3H3,(H2,28,35)/t11-,14?,17?,20+/m1/s1. The first-order valence-electron chi connectivity index (χ1n) is 11.9. The van der Waals surface area contributed by atoms with Crippen LogP contribution in [-0.2, 0) is 20.8 Å². The molecule has 188 valence electrons. The molecule has 1 fully saturated rings. The molecule has 4 atom stereocenters. The number of hydrogen-bond acceptors (Lipinski definition) is 8. The van der Waals surface area contributed by atoms with Crippen LogP contribution in [0.5, 0.6) is 11.5 Å². The number of ether oxygens (including phenoxy) is 1. The van der Waals surface area contributed by atoms with Gasteiger partial charge in [-0.15, -0.1) is 0 Å². The second kappa shape index (κ2) is 8.37. The van der Waals surface area contributed by atoms with E-state index in [2.05, 4.69) is 0 Å². The summed E-state index contributed by atoms with van der Waals surface area (Å²) in [6.45, 7) is 2.20. The molecule has 0 aromatic heterocycles. The molecule has 2 aromatic carbocycles. The number of fused-ring (bicyclic) bond motifs is 4. The number of phenols is 1. The van der Waals surface area contributed by atoms with Gasteiger partial charge in [-0.25, -0.2) is 0 Å². The number of Topliss-reactive ketones (excluding diaryl/α,β-unsaturated/α-hetero) is 2. The molecule has 0 bridgehead atoms. The molecule has 1 amide bonds. The number of carbonyl (C=O) groups excluding carboxylic acids is 3. The third-order valence-electron chi connectivity index (χ3n) is 7.69. The minimum Gasteiger partial charge on any atom is -0.510 e. The molecule has 9 nitrogen and oxygen atoms in total. The number of allylic oxidation sites excluding steroid dienone is 1. The summed E-state index contributed by atoms with van der Waals surface area (Å²) in [5.74, 6) is -5.40. The zero-order valence-electron chi connectivity index (χ0n) is 20.2. The zero-order valence-corrected chi connectivity index (χ0v) is 20.2. The Kier molecular flexibility index (Phi) is 5.55. The van der Waals surface area contributed by atoms with Crippen molar-refractivity contribution in [3.8, 4) is 11.5 Å². The van der Waals surface area contributed by atoms with E-state index in [0.29, 0.717) is 41.5 Å². The molecule has 0 radical (unpaired) electrons. The van der Waals surface area contributed by atoms with E-state index >= 15 is 0 Å². The van der Waals surface area contributed by atoms with Crippen LogP contribution >= 0.6 is 0 Å². The number of phenolic OH excluding ortho intramolecular Hbond substituents is 1. The fraction of sp³-hybridized carbons (Fsp3) is 0.370. The van der Waals surface area contributed by atoms with E-state index in [1.165, 1.54) is 0 Å². The second-order valence-corrected chi connectivity index (χ2v) is 9.81. The minimum atomic E-state index is -1.28. The lowest BCUT2D eigenvalue weighted by Gasteiger charge is -2.46. The summed E-state index contributed by atoms with van der Waals surface area (Å²) < 4.78 is 5.98. The predicted molar refractivity (Wildman–Crippen MR) is 131 cm³/mol. The number of ketones is 2. The molecular formula is C27H28N2O7. The number of amides is 1. The van der Waals surface area contributed by atoms with Crippen LogP contribution in [-0.4, -0.2) is 64.4 Å². The predicted octanol–water partition coefficient (Wildman–Crippen LogP) is 2.40.